The summed E-state index contributed by atoms with van der Waals surface area (Å²) in [6, 6.07) is -4.14. The molecule has 0 aromatic heterocycles. The summed E-state index contributed by atoms with van der Waals surface area (Å²) in [6.45, 7) is 10.7. The smallest absolute Gasteiger partial charge is 0.326 e. The van der Waals surface area contributed by atoms with Crippen LogP contribution in [0.4, 0.5) is 0 Å². The summed E-state index contributed by atoms with van der Waals surface area (Å²) >= 11 is 0. The summed E-state index contributed by atoms with van der Waals surface area (Å²) in [6.07, 6.45) is 0.684. The minimum atomic E-state index is -1.22. The molecule has 5 atom stereocenters. The molecular weight excluding hydrogens is 430 g/mol. The minimum absolute atomic E-state index is 0.120. The molecule has 0 rings (SSSR count). The molecule has 0 heterocycles. The summed E-state index contributed by atoms with van der Waals surface area (Å²) < 4.78 is 0. The Labute approximate surface area is 195 Å². The lowest BCUT2D eigenvalue weighted by Gasteiger charge is -2.28. The van der Waals surface area contributed by atoms with Crippen LogP contribution in [0.5, 0.6) is 0 Å². The topological polar surface area (TPSA) is 194 Å². The quantitative estimate of drug-likeness (QED) is 0.191. The van der Waals surface area contributed by atoms with Gasteiger partial charge in [-0.05, 0) is 30.6 Å². The SMILES string of the molecule is CCC(C)C(NC(=O)C(N)CC(C)C)C(=O)NC(CCC(N)=O)C(=O)NC(C(=O)O)C(C)C. The lowest BCUT2D eigenvalue weighted by atomic mass is 9.96. The van der Waals surface area contributed by atoms with Crippen LogP contribution < -0.4 is 27.4 Å². The Morgan fingerprint density at radius 2 is 1.39 bits per heavy atom. The van der Waals surface area contributed by atoms with E-state index in [2.05, 4.69) is 16.0 Å². The molecule has 0 bridgehead atoms. The van der Waals surface area contributed by atoms with Crippen molar-refractivity contribution in [1.82, 2.24) is 16.0 Å². The Kier molecular flexibility index (Phi) is 13.3. The average molecular weight is 472 g/mol. The number of aliphatic carboxylic acids is 1. The number of rotatable bonds is 15. The van der Waals surface area contributed by atoms with Crippen LogP contribution in [0, 0.1) is 17.8 Å². The standard InChI is InChI=1S/C22H41N5O6/c1-7-13(6)18(27-19(29)14(23)10-11(2)3)21(31)25-15(8-9-16(24)28)20(30)26-17(12(4)5)22(32)33/h11-15,17-18H,7-10,23H2,1-6H3,(H2,24,28)(H,25,31)(H,26,30)(H,27,29)(H,32,33). The van der Waals surface area contributed by atoms with E-state index in [9.17, 15) is 29.1 Å². The van der Waals surface area contributed by atoms with Gasteiger partial charge in [0.25, 0.3) is 0 Å². The maximum Gasteiger partial charge on any atom is 0.326 e. The first-order valence-electron chi connectivity index (χ1n) is 11.4. The van der Waals surface area contributed by atoms with E-state index in [0.29, 0.717) is 12.8 Å². The number of hydrogen-bond acceptors (Lipinski definition) is 6. The summed E-state index contributed by atoms with van der Waals surface area (Å²) in [5.41, 5.74) is 11.1. The number of nitrogens with two attached hydrogens (primary N) is 2. The lowest BCUT2D eigenvalue weighted by Crippen LogP contribution is -2.59. The van der Waals surface area contributed by atoms with Crippen LogP contribution in [0.1, 0.15) is 67.2 Å². The summed E-state index contributed by atoms with van der Waals surface area (Å²) in [5.74, 6) is -4.25. The third kappa shape index (κ3) is 11.1. The summed E-state index contributed by atoms with van der Waals surface area (Å²) in [7, 11) is 0. The van der Waals surface area contributed by atoms with E-state index < -0.39 is 59.7 Å². The summed E-state index contributed by atoms with van der Waals surface area (Å²) in [4.78, 5) is 61.1. The van der Waals surface area contributed by atoms with Crippen molar-refractivity contribution >= 4 is 29.6 Å². The molecule has 5 unspecified atom stereocenters. The highest BCUT2D eigenvalue weighted by Gasteiger charge is 2.33. The van der Waals surface area contributed by atoms with Crippen LogP contribution in [0.15, 0.2) is 0 Å². The molecule has 11 heteroatoms. The monoisotopic (exact) mass is 471 g/mol. The molecule has 0 fully saturated rings. The highest BCUT2D eigenvalue weighted by Crippen LogP contribution is 2.11. The molecule has 8 N–H and O–H groups in total. The molecule has 0 aliphatic carbocycles. The molecule has 11 nitrogen and oxygen atoms in total. The first kappa shape index (κ1) is 30.3. The summed E-state index contributed by atoms with van der Waals surface area (Å²) in [5, 5.41) is 17.0. The predicted octanol–water partition coefficient (Wildman–Crippen LogP) is -0.134. The fourth-order valence-corrected chi connectivity index (χ4v) is 3.16. The Bertz CT molecular complexity index is 697. The zero-order valence-corrected chi connectivity index (χ0v) is 20.5. The van der Waals surface area contributed by atoms with Crippen LogP contribution in [0.25, 0.3) is 0 Å². The van der Waals surface area contributed by atoms with Crippen molar-refractivity contribution in [3.8, 4) is 0 Å². The van der Waals surface area contributed by atoms with Crippen molar-refractivity contribution in [2.24, 2.45) is 29.2 Å². The number of amides is 4. The molecule has 0 aromatic carbocycles. The zero-order chi connectivity index (χ0) is 25.9. The second-order valence-electron chi connectivity index (χ2n) is 9.24. The number of hydrogen-bond donors (Lipinski definition) is 6. The van der Waals surface area contributed by atoms with Crippen LogP contribution >= 0.6 is 0 Å². The van der Waals surface area contributed by atoms with Crippen molar-refractivity contribution in [1.29, 1.82) is 0 Å². The van der Waals surface area contributed by atoms with Gasteiger partial charge in [-0.15, -0.1) is 0 Å². The van der Waals surface area contributed by atoms with Gasteiger partial charge in [-0.1, -0.05) is 48.0 Å². The van der Waals surface area contributed by atoms with E-state index in [0.717, 1.165) is 0 Å². The van der Waals surface area contributed by atoms with Crippen molar-refractivity contribution in [2.75, 3.05) is 0 Å². The number of carbonyl (C=O) groups is 5. The third-order valence-corrected chi connectivity index (χ3v) is 5.40. The first-order chi connectivity index (χ1) is 15.2. The van der Waals surface area contributed by atoms with Crippen molar-refractivity contribution in [3.05, 3.63) is 0 Å². The van der Waals surface area contributed by atoms with E-state index in [1.54, 1.807) is 20.8 Å². The number of carboxylic acid groups (broad SMARTS) is 1. The van der Waals surface area contributed by atoms with Gasteiger partial charge in [0.15, 0.2) is 0 Å². The van der Waals surface area contributed by atoms with E-state index in [1.807, 2.05) is 20.8 Å². The Morgan fingerprint density at radius 1 is 0.848 bits per heavy atom. The fraction of sp³-hybridized carbons (Fsp3) is 0.773. The van der Waals surface area contributed by atoms with Gasteiger partial charge in [-0.3, -0.25) is 19.2 Å². The van der Waals surface area contributed by atoms with Gasteiger partial charge in [0.2, 0.25) is 23.6 Å². The Morgan fingerprint density at radius 3 is 1.82 bits per heavy atom. The van der Waals surface area contributed by atoms with E-state index in [1.165, 1.54) is 0 Å². The largest absolute Gasteiger partial charge is 0.480 e. The highest BCUT2D eigenvalue weighted by atomic mass is 16.4. The maximum absolute atomic E-state index is 13.1. The van der Waals surface area contributed by atoms with E-state index in [-0.39, 0.29) is 24.7 Å². The van der Waals surface area contributed by atoms with Gasteiger partial charge in [0.05, 0.1) is 6.04 Å². The molecule has 0 saturated heterocycles. The number of primary amides is 1. The normalized spacial score (nSPS) is 15.8. The molecule has 0 saturated carbocycles. The number of carboxylic acids is 1. The third-order valence-electron chi connectivity index (χ3n) is 5.40. The van der Waals surface area contributed by atoms with Crippen molar-refractivity contribution in [3.63, 3.8) is 0 Å². The molecule has 4 amide bonds. The lowest BCUT2D eigenvalue weighted by molar-refractivity contribution is -0.143. The molecular formula is C22H41N5O6. The van der Waals surface area contributed by atoms with E-state index >= 15 is 0 Å². The molecule has 0 aliphatic rings. The van der Waals surface area contributed by atoms with Gasteiger partial charge in [-0.2, -0.15) is 0 Å². The maximum atomic E-state index is 13.1. The number of carbonyl (C=O) groups excluding carboxylic acids is 4. The van der Waals surface area contributed by atoms with Crippen LogP contribution in [-0.4, -0.2) is 58.9 Å². The average Bonchev–Trinajstić information content (AvgIpc) is 2.70. The highest BCUT2D eigenvalue weighted by molar-refractivity contribution is 5.94. The molecule has 190 valence electrons. The Balaban J connectivity index is 5.61. The van der Waals surface area contributed by atoms with Crippen molar-refractivity contribution < 1.29 is 29.1 Å². The molecule has 0 spiro atoms. The van der Waals surface area contributed by atoms with Crippen molar-refractivity contribution in [2.45, 2.75) is 91.4 Å². The van der Waals surface area contributed by atoms with Crippen LogP contribution in [0.3, 0.4) is 0 Å². The Hall–Kier alpha value is -2.69. The number of nitrogens with one attached hydrogen (secondary N) is 3. The second kappa shape index (κ2) is 14.5. The van der Waals surface area contributed by atoms with E-state index in [4.69, 9.17) is 11.5 Å². The predicted molar refractivity (Wildman–Crippen MR) is 124 cm³/mol. The second-order valence-corrected chi connectivity index (χ2v) is 9.24. The van der Waals surface area contributed by atoms with Gasteiger partial charge in [-0.25, -0.2) is 4.79 Å². The van der Waals surface area contributed by atoms with Gasteiger partial charge < -0.3 is 32.5 Å². The molecule has 33 heavy (non-hydrogen) atoms. The van der Waals surface area contributed by atoms with Gasteiger partial charge in [0, 0.05) is 6.42 Å². The van der Waals surface area contributed by atoms with Crippen LogP contribution in [0.2, 0.25) is 0 Å². The first-order valence-corrected chi connectivity index (χ1v) is 11.4. The molecule has 0 radical (unpaired) electrons. The van der Waals surface area contributed by atoms with Gasteiger partial charge in [0.1, 0.15) is 18.1 Å². The minimum Gasteiger partial charge on any atom is -0.480 e. The van der Waals surface area contributed by atoms with Crippen LogP contribution in [-0.2, 0) is 24.0 Å². The zero-order valence-electron chi connectivity index (χ0n) is 20.5. The molecule has 0 aromatic rings. The fourth-order valence-electron chi connectivity index (χ4n) is 3.16. The van der Waals surface area contributed by atoms with Gasteiger partial charge >= 0.3 is 5.97 Å². The molecule has 0 aliphatic heterocycles.